The summed E-state index contributed by atoms with van der Waals surface area (Å²) in [5.41, 5.74) is 7.80. The van der Waals surface area contributed by atoms with E-state index in [1.165, 1.54) is 0 Å². The largest absolute Gasteiger partial charge is 0.493 e. The van der Waals surface area contributed by atoms with Crippen LogP contribution in [-0.2, 0) is 38.3 Å². The van der Waals surface area contributed by atoms with Crippen LogP contribution in [0.25, 0.3) is 0 Å². The van der Waals surface area contributed by atoms with E-state index >= 15 is 0 Å². The third-order valence-corrected chi connectivity index (χ3v) is 11.1. The highest BCUT2D eigenvalue weighted by Crippen LogP contribution is 2.41. The van der Waals surface area contributed by atoms with E-state index in [1.54, 1.807) is 32.3 Å². The molecule has 1 heterocycles. The highest BCUT2D eigenvalue weighted by Gasteiger charge is 2.44. The molecule has 0 saturated carbocycles. The number of carbonyl (C=O) groups excluding carboxylic acids is 2. The number of carbonyl (C=O) groups is 2. The quantitative estimate of drug-likeness (QED) is 0.131. The summed E-state index contributed by atoms with van der Waals surface area (Å²) in [6.45, 7) is 2.26. The summed E-state index contributed by atoms with van der Waals surface area (Å²) in [6, 6.07) is 28.6. The van der Waals surface area contributed by atoms with Gasteiger partial charge in [-0.05, 0) is 78.9 Å². The van der Waals surface area contributed by atoms with Gasteiger partial charge in [0.1, 0.15) is 0 Å². The Morgan fingerprint density at radius 3 is 2.00 bits per heavy atom. The number of ether oxygens (including phenoxy) is 4. The molecule has 2 N–H and O–H groups in total. The fourth-order valence-corrected chi connectivity index (χ4v) is 7.46. The molecular weight excluding hydrogens is 701 g/mol. The molecule has 1 aliphatic heterocycles. The van der Waals surface area contributed by atoms with Crippen molar-refractivity contribution in [3.63, 3.8) is 0 Å². The maximum absolute atomic E-state index is 14.2. The standard InChI is InChI=1S/C41H47Cl2N3O6/c1-45(37(47)25-29-11-7-5-8-12-29)41(32-15-16-33(42)34(43)26-32,28-52-27-30-23-35(49-2)38(51-4)36(24-30)50-3)19-22-46-20-17-40(18-21-46,39(44)48)31-13-9-6-10-14-31/h5-16,23-24,26H,17-22,25,27-28H2,1-4H3,(H2,44,48). The summed E-state index contributed by atoms with van der Waals surface area (Å²) >= 11 is 13.1. The van der Waals surface area contributed by atoms with Gasteiger partial charge in [-0.1, -0.05) is 89.9 Å². The molecule has 4 aromatic carbocycles. The van der Waals surface area contributed by atoms with Gasteiger partial charge in [0.25, 0.3) is 0 Å². The summed E-state index contributed by atoms with van der Waals surface area (Å²) in [7, 11) is 6.51. The summed E-state index contributed by atoms with van der Waals surface area (Å²) < 4.78 is 23.2. The van der Waals surface area contributed by atoms with Gasteiger partial charge in [-0.2, -0.15) is 0 Å². The van der Waals surface area contributed by atoms with Gasteiger partial charge in [-0.3, -0.25) is 9.59 Å². The van der Waals surface area contributed by atoms with Crippen molar-refractivity contribution in [2.75, 3.05) is 54.6 Å². The second kappa shape index (κ2) is 17.5. The van der Waals surface area contributed by atoms with Crippen LogP contribution in [0, 0.1) is 0 Å². The zero-order chi connectivity index (χ0) is 37.3. The molecular formula is C41H47Cl2N3O6. The minimum absolute atomic E-state index is 0.0795. The number of rotatable bonds is 16. The number of methoxy groups -OCH3 is 3. The molecule has 1 fully saturated rings. The molecule has 2 amide bonds. The van der Waals surface area contributed by atoms with Crippen molar-refractivity contribution >= 4 is 35.0 Å². The molecule has 11 heteroatoms. The number of hydrogen-bond donors (Lipinski definition) is 1. The number of nitrogens with two attached hydrogens (primary N) is 1. The van der Waals surface area contributed by atoms with Crippen molar-refractivity contribution in [3.8, 4) is 17.2 Å². The first kappa shape index (κ1) is 38.9. The van der Waals surface area contributed by atoms with Crippen molar-refractivity contribution in [3.05, 3.63) is 123 Å². The Labute approximate surface area is 316 Å². The van der Waals surface area contributed by atoms with Crippen LogP contribution in [0.1, 0.15) is 41.5 Å². The van der Waals surface area contributed by atoms with Crippen LogP contribution in [-0.4, -0.2) is 76.2 Å². The Hall–Kier alpha value is -4.28. The summed E-state index contributed by atoms with van der Waals surface area (Å²) in [5.74, 6) is 1.12. The molecule has 4 aromatic rings. The molecule has 52 heavy (non-hydrogen) atoms. The van der Waals surface area contributed by atoms with E-state index in [9.17, 15) is 9.59 Å². The number of hydrogen-bond acceptors (Lipinski definition) is 7. The topological polar surface area (TPSA) is 104 Å². The fourth-order valence-electron chi connectivity index (χ4n) is 7.16. The average Bonchev–Trinajstić information content (AvgIpc) is 3.17. The van der Waals surface area contributed by atoms with Gasteiger partial charge in [-0.15, -0.1) is 0 Å². The van der Waals surface area contributed by atoms with Gasteiger partial charge in [0.15, 0.2) is 11.5 Å². The van der Waals surface area contributed by atoms with Crippen LogP contribution in [0.15, 0.2) is 91.0 Å². The molecule has 0 aliphatic carbocycles. The Balaban J connectivity index is 1.47. The van der Waals surface area contributed by atoms with E-state index in [4.69, 9.17) is 47.9 Å². The predicted octanol–water partition coefficient (Wildman–Crippen LogP) is 7.04. The van der Waals surface area contributed by atoms with Crippen LogP contribution < -0.4 is 19.9 Å². The van der Waals surface area contributed by atoms with Crippen molar-refractivity contribution < 1.29 is 28.5 Å². The summed E-state index contributed by atoms with van der Waals surface area (Å²) in [5, 5.41) is 0.791. The number of piperidine rings is 1. The van der Waals surface area contributed by atoms with Crippen LogP contribution in [0.4, 0.5) is 0 Å². The predicted molar refractivity (Wildman–Crippen MR) is 204 cm³/mol. The number of benzene rings is 4. The van der Waals surface area contributed by atoms with Gasteiger partial charge >= 0.3 is 0 Å². The molecule has 0 spiro atoms. The average molecular weight is 749 g/mol. The highest BCUT2D eigenvalue weighted by atomic mass is 35.5. The zero-order valence-corrected chi connectivity index (χ0v) is 31.7. The summed E-state index contributed by atoms with van der Waals surface area (Å²) in [4.78, 5) is 31.2. The molecule has 9 nitrogen and oxygen atoms in total. The number of likely N-dealkylation sites (tertiary alicyclic amines) is 1. The second-order valence-electron chi connectivity index (χ2n) is 13.2. The molecule has 0 radical (unpaired) electrons. The minimum atomic E-state index is -0.960. The number of primary amides is 1. The molecule has 1 aliphatic rings. The first-order chi connectivity index (χ1) is 25.1. The van der Waals surface area contributed by atoms with Gasteiger partial charge < -0.3 is 34.5 Å². The second-order valence-corrected chi connectivity index (χ2v) is 14.0. The van der Waals surface area contributed by atoms with Gasteiger partial charge in [0, 0.05) is 13.6 Å². The van der Waals surface area contributed by atoms with E-state index in [2.05, 4.69) is 4.90 Å². The smallest absolute Gasteiger partial charge is 0.228 e. The lowest BCUT2D eigenvalue weighted by Gasteiger charge is -2.45. The lowest BCUT2D eigenvalue weighted by molar-refractivity contribution is -0.140. The molecule has 1 atom stereocenters. The van der Waals surface area contributed by atoms with E-state index in [-0.39, 0.29) is 31.4 Å². The van der Waals surface area contributed by atoms with Crippen LogP contribution in [0.2, 0.25) is 10.0 Å². The van der Waals surface area contributed by atoms with E-state index in [1.807, 2.05) is 92.0 Å². The van der Waals surface area contributed by atoms with Gasteiger partial charge in [0.2, 0.25) is 17.6 Å². The molecule has 1 unspecified atom stereocenters. The van der Waals surface area contributed by atoms with Crippen LogP contribution >= 0.6 is 23.2 Å². The van der Waals surface area contributed by atoms with Crippen molar-refractivity contribution in [1.82, 2.24) is 9.80 Å². The lowest BCUT2D eigenvalue weighted by Crippen LogP contribution is -2.54. The zero-order valence-electron chi connectivity index (χ0n) is 30.2. The molecule has 5 rings (SSSR count). The lowest BCUT2D eigenvalue weighted by atomic mass is 9.72. The SMILES string of the molecule is COc1cc(COCC(CCN2CCC(C(N)=O)(c3ccccc3)CC2)(c2ccc(Cl)c(Cl)c2)N(C)C(=O)Cc2ccccc2)cc(OC)c1OC. The van der Waals surface area contributed by atoms with E-state index < -0.39 is 11.0 Å². The Bertz CT molecular complexity index is 1790. The molecule has 0 aromatic heterocycles. The van der Waals surface area contributed by atoms with Crippen molar-refractivity contribution in [2.45, 2.75) is 43.2 Å². The van der Waals surface area contributed by atoms with Crippen LogP contribution in [0.5, 0.6) is 17.2 Å². The maximum atomic E-state index is 14.2. The summed E-state index contributed by atoms with van der Waals surface area (Å²) in [6.07, 6.45) is 1.89. The normalized spacial score (nSPS) is 15.3. The van der Waals surface area contributed by atoms with Gasteiger partial charge in [-0.25, -0.2) is 0 Å². The minimum Gasteiger partial charge on any atom is -0.493 e. The Kier molecular flexibility index (Phi) is 13.1. The first-order valence-electron chi connectivity index (χ1n) is 17.3. The Morgan fingerprint density at radius 2 is 1.44 bits per heavy atom. The monoisotopic (exact) mass is 747 g/mol. The Morgan fingerprint density at radius 1 is 0.827 bits per heavy atom. The van der Waals surface area contributed by atoms with E-state index in [0.717, 1.165) is 22.3 Å². The first-order valence-corrected chi connectivity index (χ1v) is 18.0. The third kappa shape index (κ3) is 8.50. The number of amides is 2. The maximum Gasteiger partial charge on any atom is 0.228 e. The number of halogens is 2. The van der Waals surface area contributed by atoms with Crippen molar-refractivity contribution in [2.24, 2.45) is 5.73 Å². The third-order valence-electron chi connectivity index (χ3n) is 10.4. The number of nitrogens with zero attached hydrogens (tertiary/aromatic N) is 2. The van der Waals surface area contributed by atoms with Crippen molar-refractivity contribution in [1.29, 1.82) is 0 Å². The molecule has 0 bridgehead atoms. The molecule has 1 saturated heterocycles. The highest BCUT2D eigenvalue weighted by molar-refractivity contribution is 6.42. The number of likely N-dealkylation sites (N-methyl/N-ethyl adjacent to an activating group) is 1. The fraction of sp³-hybridized carbons (Fsp3) is 0.366. The molecule has 276 valence electrons. The van der Waals surface area contributed by atoms with Gasteiger partial charge in [0.05, 0.1) is 62.0 Å². The van der Waals surface area contributed by atoms with Crippen LogP contribution in [0.3, 0.4) is 0 Å². The van der Waals surface area contributed by atoms with E-state index in [0.29, 0.717) is 66.2 Å².